The van der Waals surface area contributed by atoms with Gasteiger partial charge in [0.2, 0.25) is 0 Å². The van der Waals surface area contributed by atoms with Crippen LogP contribution in [0, 0.1) is 5.92 Å². The molecule has 0 aromatic heterocycles. The van der Waals surface area contributed by atoms with Gasteiger partial charge in [-0.05, 0) is 12.3 Å². The normalized spacial score (nSPS) is 12.2. The van der Waals surface area contributed by atoms with Crippen LogP contribution in [0.15, 0.2) is 0 Å². The average Bonchev–Trinajstić information content (AvgIpc) is 2.54. The van der Waals surface area contributed by atoms with Gasteiger partial charge in [0, 0.05) is 0 Å². The van der Waals surface area contributed by atoms with Gasteiger partial charge in [-0.2, -0.15) is 0 Å². The lowest BCUT2D eigenvalue weighted by Gasteiger charge is -2.28. The summed E-state index contributed by atoms with van der Waals surface area (Å²) in [7, 11) is 0. The smallest absolute Gasteiger partial charge is 0.0660 e. The maximum Gasteiger partial charge on any atom is 0.0660 e. The lowest BCUT2D eigenvalue weighted by atomic mass is 9.92. The van der Waals surface area contributed by atoms with Crippen LogP contribution in [-0.2, 0) is 0 Å². The number of hydrogen-bond donors (Lipinski definition) is 2. The van der Waals surface area contributed by atoms with Crippen LogP contribution >= 0.6 is 0 Å². The van der Waals surface area contributed by atoms with Crippen molar-refractivity contribution in [3.8, 4) is 0 Å². The predicted molar refractivity (Wildman–Crippen MR) is 110 cm³/mol. The van der Waals surface area contributed by atoms with Crippen LogP contribution in [0.1, 0.15) is 130 Å². The van der Waals surface area contributed by atoms with Crippen molar-refractivity contribution in [2.24, 2.45) is 17.4 Å². The summed E-state index contributed by atoms with van der Waals surface area (Å²) in [5, 5.41) is 0. The van der Waals surface area contributed by atoms with Crippen LogP contribution in [0.5, 0.6) is 0 Å². The standard InChI is InChI=1S/C22H48N2/c1-4-5-6-7-8-9-10-11-12-13-14-15-16-17-18-19-20-22(23,24)21(2)3/h21H,4-20,23-24H2,1-3H3. The molecule has 4 N–H and O–H groups in total. The van der Waals surface area contributed by atoms with Crippen LogP contribution in [0.3, 0.4) is 0 Å². The first-order valence-corrected chi connectivity index (χ1v) is 11.1. The summed E-state index contributed by atoms with van der Waals surface area (Å²) in [6.07, 6.45) is 23.5. The number of rotatable bonds is 18. The Morgan fingerprint density at radius 1 is 0.542 bits per heavy atom. The van der Waals surface area contributed by atoms with Gasteiger partial charge < -0.3 is 11.5 Å². The monoisotopic (exact) mass is 340 g/mol. The van der Waals surface area contributed by atoms with Crippen LogP contribution < -0.4 is 11.5 Å². The van der Waals surface area contributed by atoms with Gasteiger partial charge in [-0.3, -0.25) is 0 Å². The molecule has 0 fully saturated rings. The molecule has 24 heavy (non-hydrogen) atoms. The summed E-state index contributed by atoms with van der Waals surface area (Å²) in [6, 6.07) is 0. The van der Waals surface area contributed by atoms with Crippen molar-refractivity contribution in [1.82, 2.24) is 0 Å². The van der Waals surface area contributed by atoms with E-state index in [0.29, 0.717) is 5.92 Å². The van der Waals surface area contributed by atoms with Gasteiger partial charge >= 0.3 is 0 Å². The Morgan fingerprint density at radius 3 is 1.12 bits per heavy atom. The van der Waals surface area contributed by atoms with Gasteiger partial charge in [-0.15, -0.1) is 0 Å². The molecule has 0 heterocycles. The fourth-order valence-corrected chi connectivity index (χ4v) is 3.27. The van der Waals surface area contributed by atoms with E-state index in [1.807, 2.05) is 0 Å². The van der Waals surface area contributed by atoms with Crippen LogP contribution in [0.4, 0.5) is 0 Å². The quantitative estimate of drug-likeness (QED) is 0.210. The van der Waals surface area contributed by atoms with Crippen LogP contribution in [0.2, 0.25) is 0 Å². The maximum absolute atomic E-state index is 6.10. The first kappa shape index (κ1) is 23.9. The van der Waals surface area contributed by atoms with Gasteiger partial charge in [0.1, 0.15) is 0 Å². The van der Waals surface area contributed by atoms with E-state index in [4.69, 9.17) is 11.5 Å². The Kier molecular flexibility index (Phi) is 16.3. The minimum atomic E-state index is -0.462. The highest BCUT2D eigenvalue weighted by Crippen LogP contribution is 2.17. The molecule has 0 saturated carbocycles. The summed E-state index contributed by atoms with van der Waals surface area (Å²) in [5.41, 5.74) is 11.7. The van der Waals surface area contributed by atoms with Crippen molar-refractivity contribution in [3.63, 3.8) is 0 Å². The van der Waals surface area contributed by atoms with Crippen molar-refractivity contribution in [2.45, 2.75) is 136 Å². The molecule has 2 heteroatoms. The number of hydrogen-bond acceptors (Lipinski definition) is 2. The molecule has 0 aromatic rings. The van der Waals surface area contributed by atoms with E-state index in [9.17, 15) is 0 Å². The molecule has 0 amide bonds. The third-order valence-electron chi connectivity index (χ3n) is 5.54. The van der Waals surface area contributed by atoms with Crippen molar-refractivity contribution >= 4 is 0 Å². The van der Waals surface area contributed by atoms with Crippen molar-refractivity contribution in [3.05, 3.63) is 0 Å². The third-order valence-corrected chi connectivity index (χ3v) is 5.54. The molecular formula is C22H48N2. The highest BCUT2D eigenvalue weighted by atomic mass is 15.0. The van der Waals surface area contributed by atoms with E-state index in [2.05, 4.69) is 20.8 Å². The molecular weight excluding hydrogens is 292 g/mol. The van der Waals surface area contributed by atoms with Crippen molar-refractivity contribution in [2.75, 3.05) is 0 Å². The van der Waals surface area contributed by atoms with Gasteiger partial charge in [-0.25, -0.2) is 0 Å². The Balaban J connectivity index is 3.13. The zero-order chi connectivity index (χ0) is 18.1. The Labute approximate surface area is 153 Å². The predicted octanol–water partition coefficient (Wildman–Crippen LogP) is 6.91. The second kappa shape index (κ2) is 16.4. The average molecular weight is 341 g/mol. The summed E-state index contributed by atoms with van der Waals surface area (Å²) in [4.78, 5) is 0. The van der Waals surface area contributed by atoms with Crippen LogP contribution in [-0.4, -0.2) is 5.66 Å². The highest BCUT2D eigenvalue weighted by molar-refractivity contribution is 4.79. The lowest BCUT2D eigenvalue weighted by molar-refractivity contribution is 0.287. The highest BCUT2D eigenvalue weighted by Gasteiger charge is 2.22. The van der Waals surface area contributed by atoms with Gasteiger partial charge in [-0.1, -0.05) is 124 Å². The summed E-state index contributed by atoms with van der Waals surface area (Å²) >= 11 is 0. The molecule has 0 atom stereocenters. The molecule has 0 bridgehead atoms. The van der Waals surface area contributed by atoms with Gasteiger partial charge in [0.05, 0.1) is 5.66 Å². The fraction of sp³-hybridized carbons (Fsp3) is 1.00. The molecule has 0 unspecified atom stereocenters. The Morgan fingerprint density at radius 2 is 0.833 bits per heavy atom. The summed E-state index contributed by atoms with van der Waals surface area (Å²) < 4.78 is 0. The second-order valence-corrected chi connectivity index (χ2v) is 8.32. The SMILES string of the molecule is CCCCCCCCCCCCCCCCCCC(N)(N)C(C)C. The van der Waals surface area contributed by atoms with E-state index >= 15 is 0 Å². The van der Waals surface area contributed by atoms with E-state index in [1.54, 1.807) is 0 Å². The minimum Gasteiger partial charge on any atom is -0.313 e. The molecule has 0 saturated heterocycles. The maximum atomic E-state index is 6.10. The molecule has 0 aliphatic rings. The first-order chi connectivity index (χ1) is 11.5. The summed E-state index contributed by atoms with van der Waals surface area (Å²) in [6.45, 7) is 6.52. The molecule has 0 aromatic carbocycles. The topological polar surface area (TPSA) is 52.0 Å². The zero-order valence-electron chi connectivity index (χ0n) is 17.3. The zero-order valence-corrected chi connectivity index (χ0v) is 17.3. The Bertz CT molecular complexity index is 248. The third kappa shape index (κ3) is 15.4. The number of unbranched alkanes of at least 4 members (excludes halogenated alkanes) is 15. The van der Waals surface area contributed by atoms with Crippen molar-refractivity contribution < 1.29 is 0 Å². The van der Waals surface area contributed by atoms with E-state index in [0.717, 1.165) is 6.42 Å². The first-order valence-electron chi connectivity index (χ1n) is 11.1. The minimum absolute atomic E-state index is 0.369. The molecule has 0 spiro atoms. The van der Waals surface area contributed by atoms with E-state index < -0.39 is 5.66 Å². The molecule has 0 aliphatic carbocycles. The molecule has 0 rings (SSSR count). The van der Waals surface area contributed by atoms with Crippen molar-refractivity contribution in [1.29, 1.82) is 0 Å². The molecule has 146 valence electrons. The summed E-state index contributed by atoms with van der Waals surface area (Å²) in [5.74, 6) is 0.369. The van der Waals surface area contributed by atoms with E-state index in [1.165, 1.54) is 103 Å². The van der Waals surface area contributed by atoms with Crippen LogP contribution in [0.25, 0.3) is 0 Å². The second-order valence-electron chi connectivity index (χ2n) is 8.32. The van der Waals surface area contributed by atoms with E-state index in [-0.39, 0.29) is 0 Å². The lowest BCUT2D eigenvalue weighted by Crippen LogP contribution is -2.53. The largest absolute Gasteiger partial charge is 0.313 e. The molecule has 0 radical (unpaired) electrons. The molecule has 2 nitrogen and oxygen atoms in total. The number of nitrogens with two attached hydrogens (primary N) is 2. The van der Waals surface area contributed by atoms with Gasteiger partial charge in [0.25, 0.3) is 0 Å². The fourth-order valence-electron chi connectivity index (χ4n) is 3.27. The Hall–Kier alpha value is -0.0800. The van der Waals surface area contributed by atoms with Gasteiger partial charge in [0.15, 0.2) is 0 Å². The molecule has 0 aliphatic heterocycles.